The number of hydrogen-bond acceptors (Lipinski definition) is 0. The molecule has 0 radical (unpaired) electrons. The van der Waals surface area contributed by atoms with Gasteiger partial charge in [0.2, 0.25) is 5.52 Å². The second kappa shape index (κ2) is 7.47. The maximum atomic E-state index is 2.66. The predicted molar refractivity (Wildman–Crippen MR) is 156 cm³/mol. The molecule has 6 aromatic rings. The van der Waals surface area contributed by atoms with E-state index in [0.717, 1.165) is 24.2 Å². The molecule has 2 aliphatic carbocycles. The Morgan fingerprint density at radius 1 is 0.919 bits per heavy atom. The van der Waals surface area contributed by atoms with E-state index >= 15 is 0 Å². The van der Waals surface area contributed by atoms with Crippen LogP contribution in [0.15, 0.2) is 48.7 Å². The fourth-order valence-electron chi connectivity index (χ4n) is 8.44. The van der Waals surface area contributed by atoms with Crippen LogP contribution in [0.25, 0.3) is 49.0 Å². The summed E-state index contributed by atoms with van der Waals surface area (Å²) in [5.41, 5.74) is 11.4. The fraction of sp³-hybridized carbons (Fsp3) is 0.400. The second-order valence-electron chi connectivity index (χ2n) is 12.9. The van der Waals surface area contributed by atoms with Crippen LogP contribution in [-0.2, 0) is 13.5 Å². The first kappa shape index (κ1) is 21.9. The molecular formula is C35H37N2+. The molecule has 0 amide bonds. The molecule has 0 aliphatic heterocycles. The van der Waals surface area contributed by atoms with Crippen LogP contribution in [0.1, 0.15) is 67.7 Å². The van der Waals surface area contributed by atoms with E-state index in [0.29, 0.717) is 5.92 Å². The van der Waals surface area contributed by atoms with Crippen molar-refractivity contribution in [2.45, 2.75) is 65.7 Å². The van der Waals surface area contributed by atoms with Gasteiger partial charge in [-0.2, -0.15) is 0 Å². The standard InChI is InChI=1S/C35H37N2/c1-19(2)12-22-7-9-27-29-13-20(3)21(4)32-34(29)37(30(27)16-22)31-18-26(28-15-23-6-8-24(28)14-23)17-25-10-11-36(5)35(32)33(25)31/h7,9-11,13,16-19,23-24,28H,6,8,12,14-15H2,1-5H3/q+1. The monoisotopic (exact) mass is 485 g/mol. The second-order valence-corrected chi connectivity index (χ2v) is 12.9. The van der Waals surface area contributed by atoms with Gasteiger partial charge in [-0.3, -0.25) is 0 Å². The summed E-state index contributed by atoms with van der Waals surface area (Å²) in [5, 5.41) is 7.04. The summed E-state index contributed by atoms with van der Waals surface area (Å²) in [7, 11) is 2.23. The number of pyridine rings is 2. The minimum atomic E-state index is 0.649. The maximum Gasteiger partial charge on any atom is 0.224 e. The number of rotatable bonds is 3. The molecule has 2 aliphatic rings. The van der Waals surface area contributed by atoms with Crippen molar-refractivity contribution in [1.82, 2.24) is 4.40 Å². The number of nitrogens with zero attached hydrogens (tertiary/aromatic N) is 2. The lowest BCUT2D eigenvalue weighted by molar-refractivity contribution is -0.643. The van der Waals surface area contributed by atoms with Gasteiger partial charge in [0.05, 0.1) is 27.3 Å². The Morgan fingerprint density at radius 2 is 1.78 bits per heavy atom. The van der Waals surface area contributed by atoms with E-state index in [2.05, 4.69) is 92.4 Å². The Morgan fingerprint density at radius 3 is 2.54 bits per heavy atom. The highest BCUT2D eigenvalue weighted by Gasteiger charge is 2.40. The largest absolute Gasteiger partial charge is 0.307 e. The van der Waals surface area contributed by atoms with Gasteiger partial charge in [-0.1, -0.05) is 38.5 Å². The van der Waals surface area contributed by atoms with Crippen molar-refractivity contribution in [3.8, 4) is 0 Å². The van der Waals surface area contributed by atoms with E-state index in [-0.39, 0.29) is 0 Å². The van der Waals surface area contributed by atoms with Crippen LogP contribution in [-0.4, -0.2) is 4.40 Å². The zero-order valence-corrected chi connectivity index (χ0v) is 22.9. The SMILES string of the molecule is Cc1cc2c3ccc(CC(C)C)cc3n3c4cc(C5CC6CCC5C6)cc5cc[n+](C)c(c(c1C)c23)c54. The fourth-order valence-corrected chi connectivity index (χ4v) is 8.44. The highest BCUT2D eigenvalue weighted by molar-refractivity contribution is 6.26. The molecule has 0 saturated heterocycles. The van der Waals surface area contributed by atoms with Crippen LogP contribution in [0.5, 0.6) is 0 Å². The van der Waals surface area contributed by atoms with Crippen molar-refractivity contribution in [2.75, 3.05) is 0 Å². The molecule has 3 aromatic heterocycles. The number of aromatic nitrogens is 2. The first-order chi connectivity index (χ1) is 17.9. The van der Waals surface area contributed by atoms with Crippen LogP contribution < -0.4 is 4.57 Å². The average Bonchev–Trinajstić information content (AvgIpc) is 3.58. The van der Waals surface area contributed by atoms with Crippen molar-refractivity contribution in [3.63, 3.8) is 0 Å². The topological polar surface area (TPSA) is 8.29 Å². The quantitative estimate of drug-likeness (QED) is 0.135. The number of fused-ring (bicyclic) bond motifs is 7. The summed E-state index contributed by atoms with van der Waals surface area (Å²) in [5.74, 6) is 3.21. The third-order valence-electron chi connectivity index (χ3n) is 10.2. The minimum absolute atomic E-state index is 0.649. The van der Waals surface area contributed by atoms with Crippen molar-refractivity contribution in [1.29, 1.82) is 0 Å². The molecule has 3 aromatic carbocycles. The van der Waals surface area contributed by atoms with Gasteiger partial charge in [0.25, 0.3) is 0 Å². The smallest absolute Gasteiger partial charge is 0.224 e. The molecule has 2 fully saturated rings. The molecular weight excluding hydrogens is 448 g/mol. The molecule has 3 atom stereocenters. The van der Waals surface area contributed by atoms with E-state index in [9.17, 15) is 0 Å². The van der Waals surface area contributed by atoms with Gasteiger partial charge in [-0.15, -0.1) is 0 Å². The molecule has 2 nitrogen and oxygen atoms in total. The summed E-state index contributed by atoms with van der Waals surface area (Å²) in [6, 6.07) is 17.2. The van der Waals surface area contributed by atoms with Crippen molar-refractivity contribution < 1.29 is 4.57 Å². The number of hydrogen-bond donors (Lipinski definition) is 0. The molecule has 2 bridgehead atoms. The molecule has 2 heteroatoms. The first-order valence-corrected chi connectivity index (χ1v) is 14.4. The molecule has 3 unspecified atom stereocenters. The van der Waals surface area contributed by atoms with Crippen LogP contribution >= 0.6 is 0 Å². The lowest BCUT2D eigenvalue weighted by Gasteiger charge is -2.23. The minimum Gasteiger partial charge on any atom is -0.307 e. The van der Waals surface area contributed by atoms with Gasteiger partial charge in [0.1, 0.15) is 7.05 Å². The Hall–Kier alpha value is -3.13. The van der Waals surface area contributed by atoms with Crippen molar-refractivity contribution in [3.05, 3.63) is 70.9 Å². The summed E-state index contributed by atoms with van der Waals surface area (Å²) in [6.45, 7) is 9.26. The lowest BCUT2D eigenvalue weighted by atomic mass is 9.82. The Kier molecular flexibility index (Phi) is 4.42. The molecule has 2 saturated carbocycles. The Bertz CT molecular complexity index is 1890. The first-order valence-electron chi connectivity index (χ1n) is 14.4. The predicted octanol–water partition coefficient (Wildman–Crippen LogP) is 8.53. The highest BCUT2D eigenvalue weighted by atomic mass is 15.0. The summed E-state index contributed by atoms with van der Waals surface area (Å²) >= 11 is 0. The van der Waals surface area contributed by atoms with Gasteiger partial charge in [-0.25, -0.2) is 4.57 Å². The zero-order chi connectivity index (χ0) is 25.2. The van der Waals surface area contributed by atoms with E-state index in [1.165, 1.54) is 91.4 Å². The van der Waals surface area contributed by atoms with Gasteiger partial charge < -0.3 is 4.40 Å². The van der Waals surface area contributed by atoms with E-state index in [1.54, 1.807) is 5.56 Å². The lowest BCUT2D eigenvalue weighted by Crippen LogP contribution is -2.29. The molecule has 37 heavy (non-hydrogen) atoms. The summed E-state index contributed by atoms with van der Waals surface area (Å²) < 4.78 is 5.03. The summed E-state index contributed by atoms with van der Waals surface area (Å²) in [6.07, 6.45) is 9.12. The molecule has 8 rings (SSSR count). The van der Waals surface area contributed by atoms with E-state index in [1.807, 2.05) is 0 Å². The Balaban J connectivity index is 1.59. The average molecular weight is 486 g/mol. The van der Waals surface area contributed by atoms with E-state index < -0.39 is 0 Å². The van der Waals surface area contributed by atoms with Crippen LogP contribution in [0.2, 0.25) is 0 Å². The van der Waals surface area contributed by atoms with Gasteiger partial charge in [0, 0.05) is 16.8 Å². The summed E-state index contributed by atoms with van der Waals surface area (Å²) in [4.78, 5) is 0. The number of aryl methyl sites for hydroxylation is 3. The van der Waals surface area contributed by atoms with Crippen molar-refractivity contribution >= 4 is 49.0 Å². The van der Waals surface area contributed by atoms with Crippen molar-refractivity contribution in [2.24, 2.45) is 24.8 Å². The zero-order valence-electron chi connectivity index (χ0n) is 22.9. The van der Waals surface area contributed by atoms with Crippen LogP contribution in [0, 0.1) is 31.6 Å². The van der Waals surface area contributed by atoms with Gasteiger partial charge >= 0.3 is 0 Å². The molecule has 0 N–H and O–H groups in total. The normalized spacial score (nSPS) is 21.8. The third-order valence-corrected chi connectivity index (χ3v) is 10.2. The van der Waals surface area contributed by atoms with Crippen LogP contribution in [0.4, 0.5) is 0 Å². The van der Waals surface area contributed by atoms with Crippen LogP contribution in [0.3, 0.4) is 0 Å². The molecule has 186 valence electrons. The number of benzene rings is 3. The molecule has 0 spiro atoms. The van der Waals surface area contributed by atoms with E-state index in [4.69, 9.17) is 0 Å². The van der Waals surface area contributed by atoms with Gasteiger partial charge in [0.15, 0.2) is 6.20 Å². The highest BCUT2D eigenvalue weighted by Crippen LogP contribution is 2.54. The Labute approximate surface area is 219 Å². The van der Waals surface area contributed by atoms with Gasteiger partial charge in [-0.05, 0) is 109 Å². The molecule has 3 heterocycles. The third kappa shape index (κ3) is 2.90. The maximum absolute atomic E-state index is 2.66.